The van der Waals surface area contributed by atoms with Crippen molar-refractivity contribution >= 4 is 46.7 Å². The van der Waals surface area contributed by atoms with Crippen molar-refractivity contribution in [1.82, 2.24) is 14.9 Å². The van der Waals surface area contributed by atoms with E-state index in [2.05, 4.69) is 19.6 Å². The summed E-state index contributed by atoms with van der Waals surface area (Å²) < 4.78 is 66.5. The summed E-state index contributed by atoms with van der Waals surface area (Å²) in [5.74, 6) is -0.898. The van der Waals surface area contributed by atoms with Crippen molar-refractivity contribution in [1.29, 1.82) is 0 Å². The first kappa shape index (κ1) is 37.3. The first-order chi connectivity index (χ1) is 22.4. The number of piperidine rings is 1. The number of nitrogen functional groups attached to an aromatic ring is 1. The quantitative estimate of drug-likeness (QED) is 0.0883. The number of rotatable bonds is 13. The van der Waals surface area contributed by atoms with E-state index >= 15 is 0 Å². The van der Waals surface area contributed by atoms with Gasteiger partial charge < -0.3 is 66.1 Å². The number of anilines is 3. The maximum atomic E-state index is 12.6. The molecule has 0 bridgehead atoms. The van der Waals surface area contributed by atoms with Gasteiger partial charge in [0.1, 0.15) is 54.9 Å². The summed E-state index contributed by atoms with van der Waals surface area (Å²) in [6.07, 6.45) is -10.2. The smallest absolute Gasteiger partial charge is 0.387 e. The molecule has 24 nitrogen and oxygen atoms in total. The van der Waals surface area contributed by atoms with E-state index < -0.39 is 97.6 Å². The molecule has 4 aliphatic heterocycles. The fraction of sp³-hybridized carbons (Fsp3) is 0.762. The highest BCUT2D eigenvalue weighted by atomic mass is 31.3. The zero-order valence-corrected chi connectivity index (χ0v) is 27.4. The minimum Gasteiger partial charge on any atom is -0.387 e. The van der Waals surface area contributed by atoms with Gasteiger partial charge in [0.15, 0.2) is 17.9 Å². The Morgan fingerprint density at radius 3 is 2.23 bits per heavy atom. The number of phosphoric ester groups is 3. The van der Waals surface area contributed by atoms with Crippen LogP contribution in [0.25, 0.3) is 0 Å². The molecule has 2 unspecified atom stereocenters. The molecule has 1 aromatic heterocycles. The van der Waals surface area contributed by atoms with E-state index in [1.807, 2.05) is 0 Å². The highest BCUT2D eigenvalue weighted by Gasteiger charge is 2.53. The highest BCUT2D eigenvalue weighted by molar-refractivity contribution is 7.61. The van der Waals surface area contributed by atoms with Crippen LogP contribution in [0.15, 0.2) is 6.33 Å². The number of phosphoric acid groups is 3. The lowest BCUT2D eigenvalue weighted by atomic mass is 9.96. The van der Waals surface area contributed by atoms with Crippen molar-refractivity contribution in [2.75, 3.05) is 48.9 Å². The number of nitrogens with two attached hydrogens (primary N) is 2. The molecule has 3 saturated heterocycles. The Kier molecular flexibility index (Phi) is 11.2. The Labute approximate surface area is 271 Å². The first-order valence-corrected chi connectivity index (χ1v) is 18.8. The molecule has 0 aromatic carbocycles. The predicted octanol–water partition coefficient (Wildman–Crippen LogP) is -3.29. The lowest BCUT2D eigenvalue weighted by Crippen LogP contribution is -2.50. The van der Waals surface area contributed by atoms with E-state index in [1.54, 1.807) is 4.90 Å². The molecule has 11 atom stereocenters. The number of ether oxygens (including phenoxy) is 2. The number of carbonyl (C=O) groups is 1. The molecule has 0 aliphatic carbocycles. The zero-order chi connectivity index (χ0) is 35.2. The van der Waals surface area contributed by atoms with Crippen LogP contribution in [-0.4, -0.2) is 138 Å². The monoisotopic (exact) mass is 751 g/mol. The number of carbonyl (C=O) groups excluding carboxylic acids is 1. The third-order valence-corrected chi connectivity index (χ3v) is 11.1. The molecule has 3 fully saturated rings. The van der Waals surface area contributed by atoms with Crippen LogP contribution >= 0.6 is 23.5 Å². The SMILES string of the molecule is NC(=O)[C@@H]1CCCN([C@@H]2O[C@H](COP(=O)(O)OP(=O)(O)OC[C@H]3O[C@@H](N4CNc5c(N)ncnc54)[C@H](OP(=O)(O)O)[C@@H]3O)[C@@H](O)[C@H]2O)C1. The fourth-order valence-corrected chi connectivity index (χ4v) is 8.39. The maximum absolute atomic E-state index is 12.6. The number of likely N-dealkylation sites (tertiary alicyclic amines) is 1. The van der Waals surface area contributed by atoms with E-state index in [9.17, 15) is 53.4 Å². The average Bonchev–Trinajstić information content (AvgIpc) is 3.64. The molecular formula is C21H36N7O17P3. The van der Waals surface area contributed by atoms with Crippen LogP contribution in [0.1, 0.15) is 12.8 Å². The van der Waals surface area contributed by atoms with E-state index in [-0.39, 0.29) is 30.5 Å². The minimum absolute atomic E-state index is 0.0350. The molecular weight excluding hydrogens is 715 g/mol. The molecule has 48 heavy (non-hydrogen) atoms. The van der Waals surface area contributed by atoms with E-state index in [1.165, 1.54) is 4.90 Å². The number of hydrogen-bond acceptors (Lipinski definition) is 19. The largest absolute Gasteiger partial charge is 0.481 e. The standard InChI is InChI=1S/C21H36N7O17P3/c22-17-12-19(25-7-24-17)28(8-26-12)21-16(44-46(33,34)35)14(30)11(43-21)6-41-48(38,39)45-47(36,37)40-5-10-13(29)15(31)20(42-10)27-3-1-2-9(4-27)18(23)32/h7,9-11,13-16,20-21,26,29-31H,1-6,8H2,(H2,23,32)(H,36,37)(H,38,39)(H2,22,24,25)(H2,33,34,35)/t9-,10-,11-,13-,14-,15-,16-,20-,21-/m1/s1. The van der Waals surface area contributed by atoms with Gasteiger partial charge in [0.25, 0.3) is 0 Å². The van der Waals surface area contributed by atoms with E-state index in [0.717, 1.165) is 6.33 Å². The third kappa shape index (κ3) is 8.50. The summed E-state index contributed by atoms with van der Waals surface area (Å²) in [4.78, 5) is 61.4. The molecule has 272 valence electrons. The third-order valence-electron chi connectivity index (χ3n) is 8.00. The number of nitrogens with zero attached hydrogens (tertiary/aromatic N) is 4. The minimum atomic E-state index is -5.49. The Hall–Kier alpha value is -1.92. The van der Waals surface area contributed by atoms with Gasteiger partial charge >= 0.3 is 23.5 Å². The Morgan fingerprint density at radius 1 is 0.979 bits per heavy atom. The summed E-state index contributed by atoms with van der Waals surface area (Å²) >= 11 is 0. The van der Waals surface area contributed by atoms with Crippen LogP contribution in [0, 0.1) is 5.92 Å². The number of aliphatic hydroxyl groups is 3. The van der Waals surface area contributed by atoms with Gasteiger partial charge in [0, 0.05) is 13.1 Å². The van der Waals surface area contributed by atoms with Crippen molar-refractivity contribution < 1.29 is 80.7 Å². The molecule has 0 spiro atoms. The van der Waals surface area contributed by atoms with Gasteiger partial charge in [-0.15, -0.1) is 0 Å². The van der Waals surface area contributed by atoms with Crippen molar-refractivity contribution in [2.45, 2.75) is 61.9 Å². The summed E-state index contributed by atoms with van der Waals surface area (Å²) in [5.41, 5.74) is 11.4. The molecule has 27 heteroatoms. The summed E-state index contributed by atoms with van der Waals surface area (Å²) in [6.45, 7) is -1.49. The molecule has 0 radical (unpaired) electrons. The number of aromatic nitrogens is 2. The van der Waals surface area contributed by atoms with Crippen LogP contribution in [0.4, 0.5) is 17.3 Å². The normalized spacial score (nSPS) is 35.1. The molecule has 12 N–H and O–H groups in total. The summed E-state index contributed by atoms with van der Waals surface area (Å²) in [5, 5.41) is 34.5. The molecule has 1 aromatic rings. The van der Waals surface area contributed by atoms with E-state index in [0.29, 0.717) is 19.4 Å². The second kappa shape index (κ2) is 14.4. The fourth-order valence-electron chi connectivity index (χ4n) is 5.76. The molecule has 5 heterocycles. The lowest BCUT2D eigenvalue weighted by Gasteiger charge is -2.36. The number of primary amides is 1. The van der Waals surface area contributed by atoms with Gasteiger partial charge in [-0.25, -0.2) is 23.7 Å². The second-order valence-corrected chi connectivity index (χ2v) is 15.5. The zero-order valence-electron chi connectivity index (χ0n) is 24.7. The van der Waals surface area contributed by atoms with Gasteiger partial charge in [0.05, 0.1) is 25.8 Å². The van der Waals surface area contributed by atoms with E-state index in [4.69, 9.17) is 34.5 Å². The van der Waals surface area contributed by atoms with Crippen LogP contribution in [0.3, 0.4) is 0 Å². The lowest BCUT2D eigenvalue weighted by molar-refractivity contribution is -0.131. The van der Waals surface area contributed by atoms with Gasteiger partial charge in [-0.1, -0.05) is 0 Å². The van der Waals surface area contributed by atoms with Crippen molar-refractivity contribution in [2.24, 2.45) is 11.7 Å². The number of nitrogens with one attached hydrogen (secondary N) is 1. The van der Waals surface area contributed by atoms with Crippen molar-refractivity contribution in [3.05, 3.63) is 6.33 Å². The highest BCUT2D eigenvalue weighted by Crippen LogP contribution is 2.61. The molecule has 1 amide bonds. The molecule has 4 aliphatic rings. The second-order valence-electron chi connectivity index (χ2n) is 11.3. The topological polar surface area (TPSA) is 362 Å². The number of amides is 1. The van der Waals surface area contributed by atoms with Crippen molar-refractivity contribution in [3.63, 3.8) is 0 Å². The van der Waals surface area contributed by atoms with Crippen LogP contribution < -0.4 is 21.7 Å². The summed E-state index contributed by atoms with van der Waals surface area (Å²) in [6, 6.07) is 0. The van der Waals surface area contributed by atoms with Crippen LogP contribution in [0.2, 0.25) is 0 Å². The molecule has 0 saturated carbocycles. The number of fused-ring (bicyclic) bond motifs is 1. The predicted molar refractivity (Wildman–Crippen MR) is 156 cm³/mol. The Morgan fingerprint density at radius 2 is 1.60 bits per heavy atom. The number of aliphatic hydroxyl groups excluding tert-OH is 3. The maximum Gasteiger partial charge on any atom is 0.481 e. The van der Waals surface area contributed by atoms with Gasteiger partial charge in [0.2, 0.25) is 5.91 Å². The van der Waals surface area contributed by atoms with Gasteiger partial charge in [-0.05, 0) is 12.8 Å². The average molecular weight is 751 g/mol. The van der Waals surface area contributed by atoms with Gasteiger partial charge in [-0.3, -0.25) is 23.3 Å². The van der Waals surface area contributed by atoms with Gasteiger partial charge in [-0.2, -0.15) is 4.31 Å². The van der Waals surface area contributed by atoms with Crippen molar-refractivity contribution in [3.8, 4) is 0 Å². The number of hydrogen-bond donors (Lipinski definition) is 10. The Bertz CT molecular complexity index is 1490. The van der Waals surface area contributed by atoms with Crippen LogP contribution in [-0.2, 0) is 45.8 Å². The summed E-state index contributed by atoms with van der Waals surface area (Å²) in [7, 11) is -16.2. The molecule has 5 rings (SSSR count). The Balaban J connectivity index is 1.17. The first-order valence-electron chi connectivity index (χ1n) is 14.3. The van der Waals surface area contributed by atoms with Crippen LogP contribution in [0.5, 0.6) is 0 Å².